The highest BCUT2D eigenvalue weighted by Crippen LogP contribution is 2.37. The largest absolute Gasteiger partial charge is 0.495 e. The van der Waals surface area contributed by atoms with Crippen LogP contribution in [-0.2, 0) is 0 Å². The fourth-order valence-corrected chi connectivity index (χ4v) is 3.77. The van der Waals surface area contributed by atoms with E-state index < -0.39 is 0 Å². The van der Waals surface area contributed by atoms with Crippen molar-refractivity contribution in [3.05, 3.63) is 24.0 Å². The van der Waals surface area contributed by atoms with Crippen molar-refractivity contribution in [3.63, 3.8) is 0 Å². The standard InChI is InChI=1S/C14H22N2OS/c1-3-8-15-14(12-7-5-10-18-12)13-11(17-2)6-4-9-16-13/h4,6,9,12,14-15H,3,5,7-8,10H2,1-2H3. The molecule has 3 nitrogen and oxygen atoms in total. The second-order valence-corrected chi connectivity index (χ2v) is 5.92. The maximum absolute atomic E-state index is 5.45. The van der Waals surface area contributed by atoms with E-state index in [1.165, 1.54) is 18.6 Å². The third kappa shape index (κ3) is 3.18. The zero-order valence-electron chi connectivity index (χ0n) is 11.2. The average molecular weight is 266 g/mol. The van der Waals surface area contributed by atoms with E-state index in [1.807, 2.05) is 18.3 Å². The Balaban J connectivity index is 2.20. The smallest absolute Gasteiger partial charge is 0.142 e. The Bertz CT molecular complexity index is 367. The van der Waals surface area contributed by atoms with E-state index in [2.05, 4.69) is 29.0 Å². The monoisotopic (exact) mass is 266 g/mol. The molecular weight excluding hydrogens is 244 g/mol. The number of methoxy groups -OCH3 is 1. The minimum absolute atomic E-state index is 0.314. The number of nitrogens with zero attached hydrogens (tertiary/aromatic N) is 1. The van der Waals surface area contributed by atoms with Gasteiger partial charge < -0.3 is 10.1 Å². The molecule has 0 radical (unpaired) electrons. The lowest BCUT2D eigenvalue weighted by Crippen LogP contribution is -2.30. The summed E-state index contributed by atoms with van der Waals surface area (Å²) in [5, 5.41) is 4.26. The van der Waals surface area contributed by atoms with Crippen LogP contribution in [0.2, 0.25) is 0 Å². The minimum atomic E-state index is 0.314. The number of hydrogen-bond acceptors (Lipinski definition) is 4. The van der Waals surface area contributed by atoms with Crippen molar-refractivity contribution >= 4 is 11.8 Å². The van der Waals surface area contributed by atoms with Gasteiger partial charge in [0.2, 0.25) is 0 Å². The predicted molar refractivity (Wildman–Crippen MR) is 77.3 cm³/mol. The van der Waals surface area contributed by atoms with E-state index in [0.717, 1.165) is 24.4 Å². The summed E-state index contributed by atoms with van der Waals surface area (Å²) >= 11 is 2.06. The lowest BCUT2D eigenvalue weighted by Gasteiger charge is -2.25. The highest BCUT2D eigenvalue weighted by atomic mass is 32.2. The van der Waals surface area contributed by atoms with E-state index in [-0.39, 0.29) is 0 Å². The van der Waals surface area contributed by atoms with Gasteiger partial charge in [-0.3, -0.25) is 4.98 Å². The molecule has 0 spiro atoms. The Morgan fingerprint density at radius 1 is 1.61 bits per heavy atom. The second kappa shape index (κ2) is 7.00. The molecule has 2 unspecified atom stereocenters. The molecule has 1 aliphatic heterocycles. The summed E-state index contributed by atoms with van der Waals surface area (Å²) in [7, 11) is 1.72. The Labute approximate surface area is 114 Å². The number of aromatic nitrogens is 1. The summed E-state index contributed by atoms with van der Waals surface area (Å²) < 4.78 is 5.45. The van der Waals surface area contributed by atoms with E-state index >= 15 is 0 Å². The number of rotatable bonds is 6. The Kier molecular flexibility index (Phi) is 5.32. The zero-order chi connectivity index (χ0) is 12.8. The number of pyridine rings is 1. The third-order valence-electron chi connectivity index (χ3n) is 3.27. The highest BCUT2D eigenvalue weighted by Gasteiger charge is 2.29. The molecule has 1 aliphatic rings. The first-order valence-electron chi connectivity index (χ1n) is 6.70. The summed E-state index contributed by atoms with van der Waals surface area (Å²) in [5.41, 5.74) is 1.06. The number of thioether (sulfide) groups is 1. The molecule has 2 heterocycles. The quantitative estimate of drug-likeness (QED) is 0.858. The molecule has 2 atom stereocenters. The molecule has 0 saturated carbocycles. The molecule has 0 aliphatic carbocycles. The Morgan fingerprint density at radius 2 is 2.50 bits per heavy atom. The van der Waals surface area contributed by atoms with Crippen LogP contribution in [0.4, 0.5) is 0 Å². The fourth-order valence-electron chi connectivity index (χ4n) is 2.38. The predicted octanol–water partition coefficient (Wildman–Crippen LogP) is 3.03. The fraction of sp³-hybridized carbons (Fsp3) is 0.643. The lowest BCUT2D eigenvalue weighted by atomic mass is 10.0. The minimum Gasteiger partial charge on any atom is -0.495 e. The van der Waals surface area contributed by atoms with Crippen LogP contribution in [0.3, 0.4) is 0 Å². The first kappa shape index (κ1) is 13.7. The molecule has 100 valence electrons. The molecule has 1 aromatic heterocycles. The number of nitrogens with one attached hydrogen (secondary N) is 1. The van der Waals surface area contributed by atoms with Crippen molar-refractivity contribution < 1.29 is 4.74 Å². The van der Waals surface area contributed by atoms with Gasteiger partial charge >= 0.3 is 0 Å². The zero-order valence-corrected chi connectivity index (χ0v) is 12.0. The van der Waals surface area contributed by atoms with Crippen molar-refractivity contribution in [2.24, 2.45) is 0 Å². The average Bonchev–Trinajstić information content (AvgIpc) is 2.94. The molecule has 1 aromatic rings. The van der Waals surface area contributed by atoms with E-state index in [4.69, 9.17) is 4.74 Å². The van der Waals surface area contributed by atoms with E-state index in [9.17, 15) is 0 Å². The maximum Gasteiger partial charge on any atom is 0.142 e. The lowest BCUT2D eigenvalue weighted by molar-refractivity contribution is 0.390. The maximum atomic E-state index is 5.45. The number of ether oxygens (including phenoxy) is 1. The van der Waals surface area contributed by atoms with Crippen molar-refractivity contribution in [2.45, 2.75) is 37.5 Å². The molecule has 1 saturated heterocycles. The van der Waals surface area contributed by atoms with Crippen LogP contribution in [0, 0.1) is 0 Å². The van der Waals surface area contributed by atoms with Crippen LogP contribution in [0.15, 0.2) is 18.3 Å². The van der Waals surface area contributed by atoms with Gasteiger partial charge in [-0.25, -0.2) is 0 Å². The first-order chi connectivity index (χ1) is 8.86. The van der Waals surface area contributed by atoms with Gasteiger partial charge in [0.15, 0.2) is 0 Å². The van der Waals surface area contributed by atoms with Crippen LogP contribution in [0.5, 0.6) is 5.75 Å². The highest BCUT2D eigenvalue weighted by molar-refractivity contribution is 8.00. The second-order valence-electron chi connectivity index (χ2n) is 4.57. The molecule has 18 heavy (non-hydrogen) atoms. The van der Waals surface area contributed by atoms with Gasteiger partial charge in [-0.05, 0) is 43.7 Å². The van der Waals surface area contributed by atoms with Gasteiger partial charge in [-0.1, -0.05) is 6.92 Å². The van der Waals surface area contributed by atoms with E-state index in [0.29, 0.717) is 11.3 Å². The third-order valence-corrected chi connectivity index (χ3v) is 4.73. The molecule has 0 amide bonds. The van der Waals surface area contributed by atoms with Crippen molar-refractivity contribution in [1.82, 2.24) is 10.3 Å². The first-order valence-corrected chi connectivity index (χ1v) is 7.75. The summed E-state index contributed by atoms with van der Waals surface area (Å²) in [6.07, 6.45) is 5.59. The van der Waals surface area contributed by atoms with Crippen molar-refractivity contribution in [3.8, 4) is 5.75 Å². The van der Waals surface area contributed by atoms with Crippen LogP contribution < -0.4 is 10.1 Å². The van der Waals surface area contributed by atoms with E-state index in [1.54, 1.807) is 7.11 Å². The van der Waals surface area contributed by atoms with Crippen molar-refractivity contribution in [2.75, 3.05) is 19.4 Å². The van der Waals surface area contributed by atoms with Gasteiger partial charge in [-0.15, -0.1) is 0 Å². The molecule has 1 fully saturated rings. The molecule has 4 heteroatoms. The molecule has 1 N–H and O–H groups in total. The molecular formula is C14H22N2OS. The summed E-state index contributed by atoms with van der Waals surface area (Å²) in [6.45, 7) is 3.23. The summed E-state index contributed by atoms with van der Waals surface area (Å²) in [6, 6.07) is 4.25. The SMILES string of the molecule is CCCNC(c1ncccc1OC)C1CCCS1. The summed E-state index contributed by atoms with van der Waals surface area (Å²) in [4.78, 5) is 4.55. The van der Waals surface area contributed by atoms with Crippen LogP contribution in [0.25, 0.3) is 0 Å². The summed E-state index contributed by atoms with van der Waals surface area (Å²) in [5.74, 6) is 2.17. The van der Waals surface area contributed by atoms with Crippen LogP contribution in [0.1, 0.15) is 37.9 Å². The van der Waals surface area contributed by atoms with Crippen LogP contribution >= 0.6 is 11.8 Å². The Morgan fingerprint density at radius 3 is 3.17 bits per heavy atom. The van der Waals surface area contributed by atoms with Crippen LogP contribution in [-0.4, -0.2) is 29.6 Å². The van der Waals surface area contributed by atoms with Gasteiger partial charge in [0, 0.05) is 11.4 Å². The molecule has 0 aromatic carbocycles. The molecule has 2 rings (SSSR count). The normalized spacial score (nSPS) is 20.9. The van der Waals surface area contributed by atoms with Gasteiger partial charge in [0.05, 0.1) is 13.2 Å². The topological polar surface area (TPSA) is 34.2 Å². The molecule has 0 bridgehead atoms. The number of hydrogen-bond donors (Lipinski definition) is 1. The van der Waals surface area contributed by atoms with Gasteiger partial charge in [0.1, 0.15) is 11.4 Å². The van der Waals surface area contributed by atoms with Gasteiger partial charge in [-0.2, -0.15) is 11.8 Å². The Hall–Kier alpha value is -0.740. The van der Waals surface area contributed by atoms with Gasteiger partial charge in [0.25, 0.3) is 0 Å². The van der Waals surface area contributed by atoms with Crippen molar-refractivity contribution in [1.29, 1.82) is 0 Å².